The zero-order chi connectivity index (χ0) is 19.4. The van der Waals surface area contributed by atoms with Crippen LogP contribution in [0, 0.1) is 12.8 Å². The monoisotopic (exact) mass is 378 g/mol. The van der Waals surface area contributed by atoms with Crippen molar-refractivity contribution < 1.29 is 14.3 Å². The minimum atomic E-state index is -1.04. The Kier molecular flexibility index (Phi) is 3.73. The van der Waals surface area contributed by atoms with Gasteiger partial charge in [0.15, 0.2) is 5.82 Å². The van der Waals surface area contributed by atoms with Crippen LogP contribution in [0.1, 0.15) is 17.5 Å². The Labute approximate surface area is 160 Å². The fourth-order valence-electron chi connectivity index (χ4n) is 3.75. The molecule has 3 N–H and O–H groups in total. The zero-order valence-electron chi connectivity index (χ0n) is 15.2. The highest BCUT2D eigenvalue weighted by Gasteiger charge is 2.43. The Bertz CT molecular complexity index is 1230. The lowest BCUT2D eigenvalue weighted by Gasteiger charge is -2.11. The van der Waals surface area contributed by atoms with Crippen molar-refractivity contribution in [1.82, 2.24) is 14.4 Å². The SMILES string of the molecule is Cc1c[nH]c2ccc(CO)c(-c3ccc4nc(NC(=O)C5CC5F)cn4c3)c12. The van der Waals surface area contributed by atoms with E-state index >= 15 is 0 Å². The van der Waals surface area contributed by atoms with Gasteiger partial charge in [0.05, 0.1) is 18.7 Å². The molecule has 0 saturated heterocycles. The maximum atomic E-state index is 13.1. The van der Waals surface area contributed by atoms with Gasteiger partial charge in [-0.05, 0) is 53.8 Å². The standard InChI is InChI=1S/C21H19FN4O2/c1-11-7-23-16-4-2-13(10-27)20(19(11)16)12-3-5-18-24-17(9-26(18)8-12)25-21(28)14-6-15(14)22/h2-5,7-9,14-15,23,27H,6,10H2,1H3,(H,25,28). The number of imidazole rings is 1. The van der Waals surface area contributed by atoms with E-state index in [1.54, 1.807) is 6.20 Å². The molecule has 0 radical (unpaired) electrons. The van der Waals surface area contributed by atoms with E-state index in [4.69, 9.17) is 0 Å². The molecular formula is C21H19FN4O2. The molecule has 3 aromatic heterocycles. The Morgan fingerprint density at radius 3 is 2.93 bits per heavy atom. The first-order valence-corrected chi connectivity index (χ1v) is 9.19. The second-order valence-electron chi connectivity index (χ2n) is 7.31. The summed E-state index contributed by atoms with van der Waals surface area (Å²) in [6, 6.07) is 7.70. The Morgan fingerprint density at radius 1 is 1.36 bits per heavy atom. The van der Waals surface area contributed by atoms with Crippen molar-refractivity contribution in [2.45, 2.75) is 26.1 Å². The highest BCUT2D eigenvalue weighted by atomic mass is 19.1. The molecule has 0 bridgehead atoms. The van der Waals surface area contributed by atoms with Gasteiger partial charge in [0.2, 0.25) is 5.91 Å². The van der Waals surface area contributed by atoms with Gasteiger partial charge in [-0.1, -0.05) is 6.07 Å². The first kappa shape index (κ1) is 16.9. The van der Waals surface area contributed by atoms with Crippen molar-refractivity contribution in [3.8, 4) is 11.1 Å². The van der Waals surface area contributed by atoms with Crippen molar-refractivity contribution >= 4 is 28.3 Å². The number of aromatic amines is 1. The number of amides is 1. The Morgan fingerprint density at radius 2 is 2.18 bits per heavy atom. The number of nitrogens with one attached hydrogen (secondary N) is 2. The number of hydrogen-bond donors (Lipinski definition) is 3. The molecule has 0 aliphatic heterocycles. The fraction of sp³-hybridized carbons (Fsp3) is 0.238. The zero-order valence-corrected chi connectivity index (χ0v) is 15.2. The molecule has 142 valence electrons. The maximum absolute atomic E-state index is 13.1. The second kappa shape index (κ2) is 6.17. The number of anilines is 1. The van der Waals surface area contributed by atoms with Crippen molar-refractivity contribution in [3.05, 3.63) is 54.0 Å². The highest BCUT2D eigenvalue weighted by Crippen LogP contribution is 2.36. The van der Waals surface area contributed by atoms with Crippen LogP contribution in [0.5, 0.6) is 0 Å². The predicted molar refractivity (Wildman–Crippen MR) is 105 cm³/mol. The van der Waals surface area contributed by atoms with Gasteiger partial charge in [-0.15, -0.1) is 0 Å². The summed E-state index contributed by atoms with van der Waals surface area (Å²) in [5.41, 5.74) is 5.53. The van der Waals surface area contributed by atoms with E-state index < -0.39 is 12.1 Å². The third-order valence-corrected chi connectivity index (χ3v) is 5.34. The van der Waals surface area contributed by atoms with Crippen LogP contribution in [0.3, 0.4) is 0 Å². The van der Waals surface area contributed by atoms with E-state index in [0.29, 0.717) is 11.5 Å². The number of pyridine rings is 1. The van der Waals surface area contributed by atoms with Crippen LogP contribution in [0.2, 0.25) is 0 Å². The first-order chi connectivity index (χ1) is 13.5. The van der Waals surface area contributed by atoms with Gasteiger partial charge >= 0.3 is 0 Å². The second-order valence-corrected chi connectivity index (χ2v) is 7.31. The predicted octanol–water partition coefficient (Wildman–Crippen LogP) is 3.58. The van der Waals surface area contributed by atoms with Crippen LogP contribution in [-0.2, 0) is 11.4 Å². The largest absolute Gasteiger partial charge is 0.392 e. The molecule has 28 heavy (non-hydrogen) atoms. The number of carbonyl (C=O) groups is 1. The molecule has 1 saturated carbocycles. The third-order valence-electron chi connectivity index (χ3n) is 5.34. The van der Waals surface area contributed by atoms with Crippen LogP contribution < -0.4 is 5.32 Å². The minimum absolute atomic E-state index is 0.0645. The van der Waals surface area contributed by atoms with Crippen LogP contribution in [0.15, 0.2) is 42.9 Å². The van der Waals surface area contributed by atoms with Crippen molar-refractivity contribution in [2.75, 3.05) is 5.32 Å². The summed E-state index contributed by atoms with van der Waals surface area (Å²) in [4.78, 5) is 19.6. The van der Waals surface area contributed by atoms with Gasteiger partial charge in [0, 0.05) is 23.3 Å². The summed E-state index contributed by atoms with van der Waals surface area (Å²) in [5, 5.41) is 13.6. The molecule has 2 atom stereocenters. The number of nitrogens with zero attached hydrogens (tertiary/aromatic N) is 2. The molecule has 1 aliphatic carbocycles. The van der Waals surface area contributed by atoms with Gasteiger partial charge in [-0.3, -0.25) is 4.79 Å². The Hall–Kier alpha value is -3.19. The van der Waals surface area contributed by atoms with Crippen LogP contribution >= 0.6 is 0 Å². The number of fused-ring (bicyclic) bond motifs is 2. The van der Waals surface area contributed by atoms with E-state index in [9.17, 15) is 14.3 Å². The summed E-state index contributed by atoms with van der Waals surface area (Å²) >= 11 is 0. The normalized spacial score (nSPS) is 18.7. The van der Waals surface area contributed by atoms with Gasteiger partial charge in [-0.2, -0.15) is 0 Å². The average molecular weight is 378 g/mol. The quantitative estimate of drug-likeness (QED) is 0.508. The van der Waals surface area contributed by atoms with Crippen molar-refractivity contribution in [3.63, 3.8) is 0 Å². The van der Waals surface area contributed by atoms with Crippen molar-refractivity contribution in [1.29, 1.82) is 0 Å². The molecule has 0 spiro atoms. The number of aliphatic hydroxyl groups excluding tert-OH is 1. The van der Waals surface area contributed by atoms with Crippen molar-refractivity contribution in [2.24, 2.45) is 5.92 Å². The summed E-state index contributed by atoms with van der Waals surface area (Å²) in [5.74, 6) is -0.479. The number of alkyl halides is 1. The average Bonchev–Trinajstić information content (AvgIpc) is 3.12. The number of aliphatic hydroxyl groups is 1. The number of aromatic nitrogens is 3. The highest BCUT2D eigenvalue weighted by molar-refractivity contribution is 5.99. The number of H-pyrrole nitrogens is 1. The van der Waals surface area contributed by atoms with Crippen LogP contribution in [-0.4, -0.2) is 31.6 Å². The molecule has 7 heteroatoms. The minimum Gasteiger partial charge on any atom is -0.392 e. The molecule has 3 heterocycles. The number of hydrogen-bond acceptors (Lipinski definition) is 3. The molecule has 1 fully saturated rings. The third kappa shape index (κ3) is 2.66. The number of halogens is 1. The lowest BCUT2D eigenvalue weighted by Crippen LogP contribution is -2.15. The van der Waals surface area contributed by atoms with Crippen LogP contribution in [0.25, 0.3) is 27.7 Å². The van der Waals surface area contributed by atoms with Gasteiger partial charge in [-0.25, -0.2) is 9.37 Å². The number of aryl methyl sites for hydroxylation is 1. The van der Waals surface area contributed by atoms with E-state index in [2.05, 4.69) is 15.3 Å². The van der Waals surface area contributed by atoms with Gasteiger partial charge in [0.1, 0.15) is 11.8 Å². The molecule has 4 aromatic rings. The maximum Gasteiger partial charge on any atom is 0.231 e. The van der Waals surface area contributed by atoms with E-state index in [-0.39, 0.29) is 18.9 Å². The fourth-order valence-corrected chi connectivity index (χ4v) is 3.75. The van der Waals surface area contributed by atoms with Gasteiger partial charge in [0.25, 0.3) is 0 Å². The summed E-state index contributed by atoms with van der Waals surface area (Å²) in [7, 11) is 0. The van der Waals surface area contributed by atoms with E-state index in [1.165, 1.54) is 0 Å². The van der Waals surface area contributed by atoms with E-state index in [0.717, 1.165) is 33.2 Å². The summed E-state index contributed by atoms with van der Waals surface area (Å²) in [6.45, 7) is 1.97. The molecule has 5 rings (SSSR count). The summed E-state index contributed by atoms with van der Waals surface area (Å²) < 4.78 is 14.9. The van der Waals surface area contributed by atoms with E-state index in [1.807, 2.05) is 48.0 Å². The first-order valence-electron chi connectivity index (χ1n) is 9.19. The number of benzene rings is 1. The summed E-state index contributed by atoms with van der Waals surface area (Å²) in [6.07, 6.45) is 4.84. The smallest absolute Gasteiger partial charge is 0.231 e. The molecule has 6 nitrogen and oxygen atoms in total. The molecule has 2 unspecified atom stereocenters. The molecule has 1 amide bonds. The lowest BCUT2D eigenvalue weighted by molar-refractivity contribution is -0.117. The molecule has 1 aliphatic rings. The number of carbonyl (C=O) groups excluding carboxylic acids is 1. The topological polar surface area (TPSA) is 82.4 Å². The van der Waals surface area contributed by atoms with Crippen LogP contribution in [0.4, 0.5) is 10.2 Å². The lowest BCUT2D eigenvalue weighted by atomic mass is 9.95. The van der Waals surface area contributed by atoms with Gasteiger partial charge < -0.3 is 19.8 Å². The molecular weight excluding hydrogens is 359 g/mol. The number of rotatable bonds is 4. The Balaban J connectivity index is 1.58. The molecule has 1 aromatic carbocycles.